The van der Waals surface area contributed by atoms with Crippen molar-refractivity contribution in [2.45, 2.75) is 64.6 Å². The number of carbonyl (C=O) groups is 3. The van der Waals surface area contributed by atoms with E-state index in [1.807, 2.05) is 24.3 Å². The third kappa shape index (κ3) is 4.40. The van der Waals surface area contributed by atoms with Crippen molar-refractivity contribution in [1.82, 2.24) is 15.0 Å². The van der Waals surface area contributed by atoms with Gasteiger partial charge in [-0.1, -0.05) is 41.7 Å². The van der Waals surface area contributed by atoms with Crippen LogP contribution in [-0.4, -0.2) is 50.9 Å². The normalized spacial score (nSPS) is 24.8. The number of likely N-dealkylation sites (tertiary alicyclic amines) is 1. The fraction of sp³-hybridized carbons (Fsp3) is 0.467. The van der Waals surface area contributed by atoms with Crippen molar-refractivity contribution in [1.29, 1.82) is 0 Å². The Morgan fingerprint density at radius 1 is 1.15 bits per heavy atom. The van der Waals surface area contributed by atoms with Crippen molar-refractivity contribution in [2.24, 2.45) is 11.3 Å². The highest BCUT2D eigenvalue weighted by molar-refractivity contribution is 6.31. The lowest BCUT2D eigenvalue weighted by Crippen LogP contribution is -2.54. The van der Waals surface area contributed by atoms with Gasteiger partial charge in [0.1, 0.15) is 24.2 Å². The molecule has 0 bridgehead atoms. The summed E-state index contributed by atoms with van der Waals surface area (Å²) >= 11 is 6.70. The third-order valence-corrected chi connectivity index (χ3v) is 9.27. The molecule has 2 aliphatic heterocycles. The van der Waals surface area contributed by atoms with Gasteiger partial charge in [-0.3, -0.25) is 14.4 Å². The minimum absolute atomic E-state index is 0.0475. The van der Waals surface area contributed by atoms with Crippen LogP contribution in [0.4, 0.5) is 0 Å². The van der Waals surface area contributed by atoms with Crippen LogP contribution in [0.15, 0.2) is 40.9 Å². The molecular weight excluding hydrogens is 534 g/mol. The van der Waals surface area contributed by atoms with Crippen molar-refractivity contribution in [2.75, 3.05) is 13.1 Å². The Balaban J connectivity index is 1.40. The highest BCUT2D eigenvalue weighted by Gasteiger charge is 2.51. The number of carboxylic acid groups (broad SMARTS) is 1. The molecule has 3 aromatic rings. The monoisotopic (exact) mass is 565 g/mol. The maximum Gasteiger partial charge on any atom is 0.310 e. The molecule has 3 heterocycles. The number of rotatable bonds is 6. The number of hydrogen-bond acceptors (Lipinski definition) is 6. The first-order valence-corrected chi connectivity index (χ1v) is 14.3. The number of benzene rings is 2. The van der Waals surface area contributed by atoms with Crippen LogP contribution in [0.25, 0.3) is 11.0 Å². The van der Waals surface area contributed by atoms with E-state index in [1.54, 1.807) is 28.9 Å². The van der Waals surface area contributed by atoms with Gasteiger partial charge in [0, 0.05) is 35.5 Å². The summed E-state index contributed by atoms with van der Waals surface area (Å²) in [5, 5.41) is 15.7. The van der Waals surface area contributed by atoms with E-state index in [0.29, 0.717) is 72.8 Å². The van der Waals surface area contributed by atoms with Crippen LogP contribution in [0.5, 0.6) is 5.75 Å². The van der Waals surface area contributed by atoms with Crippen LogP contribution in [0.1, 0.15) is 68.4 Å². The van der Waals surface area contributed by atoms with Gasteiger partial charge in [0.15, 0.2) is 5.58 Å². The Morgan fingerprint density at radius 2 is 1.98 bits per heavy atom. The van der Waals surface area contributed by atoms with Crippen molar-refractivity contribution >= 4 is 40.4 Å². The summed E-state index contributed by atoms with van der Waals surface area (Å²) in [6.45, 7) is 2.63. The van der Waals surface area contributed by atoms with E-state index in [1.165, 1.54) is 0 Å². The number of hydrogen-bond donors (Lipinski definition) is 1. The SMILES string of the molecule is C[C@]1(C(=O)O)CCCCC1C(=O)N1CCc2c(Cl)ccc(OCc3noc4ccccc34)c2C1N1CCCC1=O. The zero-order chi connectivity index (χ0) is 28.0. The average molecular weight is 566 g/mol. The topological polar surface area (TPSA) is 113 Å². The van der Waals surface area contributed by atoms with Crippen LogP contribution >= 0.6 is 11.6 Å². The molecular formula is C30H32ClN3O6. The number of halogens is 1. The molecule has 2 aromatic carbocycles. The van der Waals surface area contributed by atoms with Gasteiger partial charge in [-0.05, 0) is 62.4 Å². The molecule has 3 atom stereocenters. The summed E-state index contributed by atoms with van der Waals surface area (Å²) in [6.07, 6.45) is 3.34. The van der Waals surface area contributed by atoms with Crippen LogP contribution in [0.3, 0.4) is 0 Å². The smallest absolute Gasteiger partial charge is 0.310 e. The summed E-state index contributed by atoms with van der Waals surface area (Å²) in [5.41, 5.74) is 1.66. The maximum absolute atomic E-state index is 14.3. The number of fused-ring (bicyclic) bond motifs is 2. The second-order valence-corrected chi connectivity index (χ2v) is 11.6. The van der Waals surface area contributed by atoms with Gasteiger partial charge in [-0.15, -0.1) is 0 Å². The molecule has 2 unspecified atom stereocenters. The number of ether oxygens (including phenoxy) is 1. The van der Waals surface area contributed by atoms with Crippen LogP contribution in [-0.2, 0) is 27.4 Å². The lowest BCUT2D eigenvalue weighted by Gasteiger charge is -2.46. The van der Waals surface area contributed by atoms with Gasteiger partial charge in [-0.25, -0.2) is 0 Å². The molecule has 1 saturated heterocycles. The fourth-order valence-corrected chi connectivity index (χ4v) is 6.91. The lowest BCUT2D eigenvalue weighted by atomic mass is 9.66. The standard InChI is InChI=1S/C30H32ClN3O6/c1-30(29(37)38)14-5-4-8-20(30)28(36)34-16-13-18-21(31)11-12-24(26(18)27(34)33-15-6-10-25(33)35)39-17-22-19-7-2-3-9-23(19)40-32-22/h2-3,7,9,11-12,20,27H,4-6,8,10,13-17H2,1H3,(H,37,38)/t20?,27?,30-/m0/s1. The van der Waals surface area contributed by atoms with E-state index in [2.05, 4.69) is 5.16 Å². The van der Waals surface area contributed by atoms with Crippen LogP contribution in [0, 0.1) is 11.3 Å². The molecule has 1 aliphatic carbocycles. The molecule has 6 rings (SSSR count). The van der Waals surface area contributed by atoms with Gasteiger partial charge < -0.3 is 24.2 Å². The molecule has 9 nitrogen and oxygen atoms in total. The molecule has 40 heavy (non-hydrogen) atoms. The van der Waals surface area contributed by atoms with E-state index in [9.17, 15) is 19.5 Å². The van der Waals surface area contributed by atoms with Crippen LogP contribution in [0.2, 0.25) is 5.02 Å². The predicted molar refractivity (Wildman–Crippen MR) is 147 cm³/mol. The first-order chi connectivity index (χ1) is 19.3. The van der Waals surface area contributed by atoms with Gasteiger partial charge in [-0.2, -0.15) is 0 Å². The predicted octanol–water partition coefficient (Wildman–Crippen LogP) is 5.35. The summed E-state index contributed by atoms with van der Waals surface area (Å²) < 4.78 is 11.8. The van der Waals surface area contributed by atoms with E-state index in [0.717, 1.165) is 23.8 Å². The van der Waals surface area contributed by atoms with Gasteiger partial charge in [0.05, 0.1) is 11.3 Å². The Labute approximate surface area is 237 Å². The molecule has 1 aromatic heterocycles. The number of carboxylic acids is 1. The van der Waals surface area contributed by atoms with Crippen molar-refractivity contribution in [3.05, 3.63) is 58.2 Å². The van der Waals surface area contributed by atoms with Crippen molar-refractivity contribution < 1.29 is 28.8 Å². The average Bonchev–Trinajstić information content (AvgIpc) is 3.57. The van der Waals surface area contributed by atoms with Crippen molar-refractivity contribution in [3.8, 4) is 5.75 Å². The van der Waals surface area contributed by atoms with E-state index in [4.69, 9.17) is 20.9 Å². The second-order valence-electron chi connectivity index (χ2n) is 11.2. The number of carbonyl (C=O) groups excluding carboxylic acids is 2. The van der Waals surface area contributed by atoms with Crippen LogP contribution < -0.4 is 4.74 Å². The highest BCUT2D eigenvalue weighted by Crippen LogP contribution is 2.47. The Morgan fingerprint density at radius 3 is 2.75 bits per heavy atom. The second kappa shape index (κ2) is 10.4. The number of para-hydroxylation sites is 1. The maximum atomic E-state index is 14.3. The van der Waals surface area contributed by atoms with Gasteiger partial charge in [0.25, 0.3) is 0 Å². The molecule has 1 N–H and O–H groups in total. The minimum Gasteiger partial charge on any atom is -0.487 e. The number of nitrogens with zero attached hydrogens (tertiary/aromatic N) is 3. The summed E-state index contributed by atoms with van der Waals surface area (Å²) in [5.74, 6) is -1.39. The zero-order valence-corrected chi connectivity index (χ0v) is 23.2. The fourth-order valence-electron chi connectivity index (χ4n) is 6.65. The van der Waals surface area contributed by atoms with E-state index >= 15 is 0 Å². The van der Waals surface area contributed by atoms with Gasteiger partial charge >= 0.3 is 5.97 Å². The van der Waals surface area contributed by atoms with Crippen molar-refractivity contribution in [3.63, 3.8) is 0 Å². The summed E-state index contributed by atoms with van der Waals surface area (Å²) in [7, 11) is 0. The number of aliphatic carboxylic acids is 1. The Bertz CT molecular complexity index is 1490. The molecule has 210 valence electrons. The summed E-state index contributed by atoms with van der Waals surface area (Å²) in [6, 6.07) is 11.1. The Hall–Kier alpha value is -3.59. The molecule has 0 radical (unpaired) electrons. The first-order valence-electron chi connectivity index (χ1n) is 13.9. The van der Waals surface area contributed by atoms with E-state index in [-0.39, 0.29) is 18.4 Å². The number of amides is 2. The number of aromatic nitrogens is 1. The Kier molecular flexibility index (Phi) is 6.94. The molecule has 0 spiro atoms. The minimum atomic E-state index is -1.16. The third-order valence-electron chi connectivity index (χ3n) is 8.92. The van der Waals surface area contributed by atoms with E-state index < -0.39 is 23.5 Å². The van der Waals surface area contributed by atoms with Gasteiger partial charge in [0.2, 0.25) is 11.8 Å². The summed E-state index contributed by atoms with van der Waals surface area (Å²) in [4.78, 5) is 43.2. The molecule has 2 amide bonds. The molecule has 3 aliphatic rings. The quantitative estimate of drug-likeness (QED) is 0.429. The largest absolute Gasteiger partial charge is 0.487 e. The molecule has 1 saturated carbocycles. The lowest BCUT2D eigenvalue weighted by molar-refractivity contribution is -0.165. The molecule has 10 heteroatoms. The highest BCUT2D eigenvalue weighted by atomic mass is 35.5. The first kappa shape index (κ1) is 26.6. The zero-order valence-electron chi connectivity index (χ0n) is 22.4. The molecule has 2 fully saturated rings.